The number of rotatable bonds is 4. The summed E-state index contributed by atoms with van der Waals surface area (Å²) < 4.78 is 0. The van der Waals surface area contributed by atoms with Crippen LogP contribution in [0.5, 0.6) is 0 Å². The first kappa shape index (κ1) is 14.8. The van der Waals surface area contributed by atoms with Crippen LogP contribution in [0.25, 0.3) is 0 Å². The fourth-order valence-electron chi connectivity index (χ4n) is 2.84. The van der Waals surface area contributed by atoms with Crippen LogP contribution in [0, 0.1) is 0 Å². The molecule has 1 aliphatic rings. The van der Waals surface area contributed by atoms with E-state index in [0.717, 1.165) is 24.5 Å². The predicted octanol–water partition coefficient (Wildman–Crippen LogP) is 3.96. The van der Waals surface area contributed by atoms with Gasteiger partial charge in [0.25, 0.3) is 0 Å². The van der Waals surface area contributed by atoms with Gasteiger partial charge in [-0.15, -0.1) is 0 Å². The zero-order valence-corrected chi connectivity index (χ0v) is 13.6. The van der Waals surface area contributed by atoms with Crippen LogP contribution in [0.3, 0.4) is 0 Å². The van der Waals surface area contributed by atoms with E-state index in [2.05, 4.69) is 50.7 Å². The van der Waals surface area contributed by atoms with Crippen LogP contribution in [-0.2, 0) is 6.42 Å². The van der Waals surface area contributed by atoms with Crippen molar-refractivity contribution in [3.8, 4) is 0 Å². The van der Waals surface area contributed by atoms with Gasteiger partial charge in [0.1, 0.15) is 12.1 Å². The van der Waals surface area contributed by atoms with Crippen LogP contribution in [0.1, 0.15) is 51.6 Å². The van der Waals surface area contributed by atoms with Crippen LogP contribution in [0.2, 0.25) is 0 Å². The van der Waals surface area contributed by atoms with Gasteiger partial charge in [0.05, 0.1) is 0 Å². The molecule has 0 aromatic carbocycles. The van der Waals surface area contributed by atoms with E-state index in [1.54, 1.807) is 6.33 Å². The van der Waals surface area contributed by atoms with E-state index in [1.165, 1.54) is 32.1 Å². The molecule has 1 aromatic rings. The number of halogens is 1. The number of hydrogen-bond donors (Lipinski definition) is 0. The molecule has 0 radical (unpaired) electrons. The fourth-order valence-corrected chi connectivity index (χ4v) is 3.27. The third-order valence-corrected chi connectivity index (χ3v) is 4.21. The van der Waals surface area contributed by atoms with E-state index < -0.39 is 0 Å². The van der Waals surface area contributed by atoms with Gasteiger partial charge in [-0.2, -0.15) is 0 Å². The molecule has 0 amide bonds. The van der Waals surface area contributed by atoms with Crippen molar-refractivity contribution in [2.75, 3.05) is 11.4 Å². The van der Waals surface area contributed by atoms with E-state index in [4.69, 9.17) is 0 Å². The van der Waals surface area contributed by atoms with Gasteiger partial charge in [-0.3, -0.25) is 0 Å². The Kier molecular flexibility index (Phi) is 5.61. The number of aromatic nitrogens is 2. The number of hydrogen-bond acceptors (Lipinski definition) is 3. The highest BCUT2D eigenvalue weighted by Gasteiger charge is 2.23. The van der Waals surface area contributed by atoms with Gasteiger partial charge in [0.15, 0.2) is 0 Å². The summed E-state index contributed by atoms with van der Waals surface area (Å²) in [7, 11) is 0. The number of aryl methyl sites for hydroxylation is 1. The van der Waals surface area contributed by atoms with Crippen molar-refractivity contribution in [2.24, 2.45) is 0 Å². The molecule has 1 fully saturated rings. The Morgan fingerprint density at radius 3 is 2.95 bits per heavy atom. The van der Waals surface area contributed by atoms with Crippen molar-refractivity contribution in [2.45, 2.75) is 63.2 Å². The summed E-state index contributed by atoms with van der Waals surface area (Å²) in [5, 5.41) is 0. The average Bonchev–Trinajstić information content (AvgIpc) is 2.63. The lowest BCUT2D eigenvalue weighted by Gasteiger charge is -2.32. The molecule has 2 rings (SSSR count). The molecule has 0 bridgehead atoms. The molecule has 2 heterocycles. The maximum Gasteiger partial charge on any atom is 0.132 e. The molecular formula is C15H24BrN3. The maximum atomic E-state index is 4.51. The van der Waals surface area contributed by atoms with Crippen molar-refractivity contribution < 1.29 is 0 Å². The Morgan fingerprint density at radius 1 is 1.37 bits per heavy atom. The first-order valence-corrected chi connectivity index (χ1v) is 8.34. The minimum Gasteiger partial charge on any atom is -0.353 e. The summed E-state index contributed by atoms with van der Waals surface area (Å²) in [6.07, 6.45) is 9.12. The second-order valence-electron chi connectivity index (χ2n) is 5.43. The zero-order chi connectivity index (χ0) is 13.7. The second-order valence-corrected chi connectivity index (χ2v) is 7.00. The smallest absolute Gasteiger partial charge is 0.132 e. The summed E-state index contributed by atoms with van der Waals surface area (Å²) in [5.41, 5.74) is 1.14. The molecule has 0 saturated carbocycles. The lowest BCUT2D eigenvalue weighted by Crippen LogP contribution is -2.37. The monoisotopic (exact) mass is 325 g/mol. The molecule has 4 heteroatoms. The molecule has 0 spiro atoms. The quantitative estimate of drug-likeness (QED) is 0.784. The largest absolute Gasteiger partial charge is 0.353 e. The van der Waals surface area contributed by atoms with E-state index in [-0.39, 0.29) is 0 Å². The van der Waals surface area contributed by atoms with Gasteiger partial charge in [-0.1, -0.05) is 42.6 Å². The highest BCUT2D eigenvalue weighted by atomic mass is 79.9. The van der Waals surface area contributed by atoms with Gasteiger partial charge in [0, 0.05) is 29.2 Å². The highest BCUT2D eigenvalue weighted by molar-refractivity contribution is 9.09. The van der Waals surface area contributed by atoms with Crippen molar-refractivity contribution >= 4 is 21.7 Å². The van der Waals surface area contributed by atoms with Crippen LogP contribution < -0.4 is 4.90 Å². The summed E-state index contributed by atoms with van der Waals surface area (Å²) in [6.45, 7) is 5.51. The molecule has 0 N–H and O–H groups in total. The number of anilines is 1. The maximum absolute atomic E-state index is 4.51. The van der Waals surface area contributed by atoms with Crippen molar-refractivity contribution in [1.82, 2.24) is 9.97 Å². The molecule has 1 saturated heterocycles. The zero-order valence-electron chi connectivity index (χ0n) is 12.0. The summed E-state index contributed by atoms with van der Waals surface area (Å²) in [5.74, 6) is 1.12. The number of alkyl halides is 1. The topological polar surface area (TPSA) is 29.0 Å². The third kappa shape index (κ3) is 4.16. The van der Waals surface area contributed by atoms with Crippen molar-refractivity contribution in [1.29, 1.82) is 0 Å². The van der Waals surface area contributed by atoms with Gasteiger partial charge in [-0.05, 0) is 25.7 Å². The Balaban J connectivity index is 2.20. The van der Waals surface area contributed by atoms with Crippen LogP contribution >= 0.6 is 15.9 Å². The molecule has 3 nitrogen and oxygen atoms in total. The highest BCUT2D eigenvalue weighted by Crippen LogP contribution is 2.26. The summed E-state index contributed by atoms with van der Waals surface area (Å²) >= 11 is 3.70. The first-order valence-electron chi connectivity index (χ1n) is 7.42. The van der Waals surface area contributed by atoms with Crippen LogP contribution in [0.15, 0.2) is 12.4 Å². The SMILES string of the molecule is CCc1cc(N2CCCCCC2CC(C)Br)ncn1. The minimum atomic E-state index is 0.561. The fraction of sp³-hybridized carbons (Fsp3) is 0.733. The summed E-state index contributed by atoms with van der Waals surface area (Å²) in [6, 6.07) is 2.77. The van der Waals surface area contributed by atoms with Gasteiger partial charge in [-0.25, -0.2) is 9.97 Å². The Labute approximate surface area is 125 Å². The standard InChI is InChI=1S/C15H24BrN3/c1-3-13-10-15(18-11-17-13)19-8-6-4-5-7-14(19)9-12(2)16/h10-12,14H,3-9H2,1-2H3. The Hall–Kier alpha value is -0.640. The van der Waals surface area contributed by atoms with Crippen molar-refractivity contribution in [3.63, 3.8) is 0 Å². The number of nitrogens with zero attached hydrogens (tertiary/aromatic N) is 3. The molecule has 2 atom stereocenters. The average molecular weight is 326 g/mol. The normalized spacial score (nSPS) is 22.1. The van der Waals surface area contributed by atoms with E-state index >= 15 is 0 Å². The molecular weight excluding hydrogens is 302 g/mol. The van der Waals surface area contributed by atoms with Crippen LogP contribution in [0.4, 0.5) is 5.82 Å². The predicted molar refractivity (Wildman–Crippen MR) is 84.0 cm³/mol. The van der Waals surface area contributed by atoms with Gasteiger partial charge >= 0.3 is 0 Å². The van der Waals surface area contributed by atoms with Gasteiger partial charge in [0.2, 0.25) is 0 Å². The molecule has 1 aliphatic heterocycles. The lowest BCUT2D eigenvalue weighted by atomic mass is 10.0. The second kappa shape index (κ2) is 7.22. The minimum absolute atomic E-state index is 0.561. The summed E-state index contributed by atoms with van der Waals surface area (Å²) in [4.78, 5) is 11.9. The molecule has 106 valence electrons. The van der Waals surface area contributed by atoms with Crippen LogP contribution in [-0.4, -0.2) is 27.4 Å². The molecule has 2 unspecified atom stereocenters. The molecule has 0 aliphatic carbocycles. The Bertz CT molecular complexity index is 395. The van der Waals surface area contributed by atoms with E-state index in [0.29, 0.717) is 10.9 Å². The molecule has 1 aromatic heterocycles. The van der Waals surface area contributed by atoms with Crippen molar-refractivity contribution in [3.05, 3.63) is 18.1 Å². The molecule has 19 heavy (non-hydrogen) atoms. The lowest BCUT2D eigenvalue weighted by molar-refractivity contribution is 0.531. The first-order chi connectivity index (χ1) is 9.20. The Morgan fingerprint density at radius 2 is 2.21 bits per heavy atom. The van der Waals surface area contributed by atoms with E-state index in [1.807, 2.05) is 0 Å². The third-order valence-electron chi connectivity index (χ3n) is 3.84. The van der Waals surface area contributed by atoms with Gasteiger partial charge < -0.3 is 4.90 Å². The van der Waals surface area contributed by atoms with E-state index in [9.17, 15) is 0 Å².